The van der Waals surface area contributed by atoms with Gasteiger partial charge in [-0.1, -0.05) is 45.4 Å². The molecule has 3 atom stereocenters. The molecule has 3 unspecified atom stereocenters. The van der Waals surface area contributed by atoms with Crippen molar-refractivity contribution in [2.24, 2.45) is 0 Å². The summed E-state index contributed by atoms with van der Waals surface area (Å²) in [4.78, 5) is 0. The molecule has 108 valence electrons. The van der Waals surface area contributed by atoms with Gasteiger partial charge in [0.25, 0.3) is 0 Å². The van der Waals surface area contributed by atoms with E-state index in [-0.39, 0.29) is 0 Å². The molecular formula is C16H33NS. The number of rotatable bonds is 9. The zero-order valence-electron chi connectivity index (χ0n) is 12.7. The van der Waals surface area contributed by atoms with Gasteiger partial charge >= 0.3 is 0 Å². The smallest absolute Gasteiger partial charge is 0.00800 e. The van der Waals surface area contributed by atoms with Crippen LogP contribution in [0, 0.1) is 0 Å². The van der Waals surface area contributed by atoms with Crippen LogP contribution in [0.3, 0.4) is 0 Å². The first-order valence-corrected chi connectivity index (χ1v) is 9.33. The molecule has 1 rings (SSSR count). The maximum atomic E-state index is 3.86. The van der Waals surface area contributed by atoms with Gasteiger partial charge in [0.1, 0.15) is 0 Å². The summed E-state index contributed by atoms with van der Waals surface area (Å²) < 4.78 is 0. The quantitative estimate of drug-likeness (QED) is 0.592. The van der Waals surface area contributed by atoms with E-state index in [0.29, 0.717) is 0 Å². The van der Waals surface area contributed by atoms with Gasteiger partial charge in [-0.25, -0.2) is 0 Å². The summed E-state index contributed by atoms with van der Waals surface area (Å²) >= 11 is 2.06. The van der Waals surface area contributed by atoms with Gasteiger partial charge in [-0.15, -0.1) is 0 Å². The van der Waals surface area contributed by atoms with Crippen LogP contribution in [0.4, 0.5) is 0 Å². The highest BCUT2D eigenvalue weighted by atomic mass is 32.2. The molecule has 0 amide bonds. The molecule has 0 saturated heterocycles. The van der Waals surface area contributed by atoms with Gasteiger partial charge in [-0.2, -0.15) is 11.8 Å². The summed E-state index contributed by atoms with van der Waals surface area (Å²) in [5, 5.41) is 4.77. The topological polar surface area (TPSA) is 12.0 Å². The number of nitrogens with one attached hydrogen (secondary N) is 1. The summed E-state index contributed by atoms with van der Waals surface area (Å²) in [6.07, 6.45) is 16.3. The van der Waals surface area contributed by atoms with Crippen molar-refractivity contribution in [3.05, 3.63) is 0 Å². The molecule has 18 heavy (non-hydrogen) atoms. The van der Waals surface area contributed by atoms with Crippen LogP contribution >= 0.6 is 11.8 Å². The highest BCUT2D eigenvalue weighted by molar-refractivity contribution is 7.99. The molecule has 1 N–H and O–H groups in total. The second-order valence-corrected chi connectivity index (χ2v) is 7.13. The Bertz CT molecular complexity index is 196. The predicted molar refractivity (Wildman–Crippen MR) is 85.5 cm³/mol. The number of unbranched alkanes of at least 4 members (excludes halogenated alkanes) is 4. The standard InChI is InChI=1S/C16H33NS/c1-4-5-6-7-8-10-14(2)17-15-11-9-12-16(13-15)18-3/h14-17H,4-13H2,1-3H3. The van der Waals surface area contributed by atoms with Gasteiger partial charge < -0.3 is 5.32 Å². The van der Waals surface area contributed by atoms with Gasteiger partial charge in [0.05, 0.1) is 0 Å². The van der Waals surface area contributed by atoms with Crippen molar-refractivity contribution >= 4 is 11.8 Å². The second-order valence-electron chi connectivity index (χ2n) is 5.99. The van der Waals surface area contributed by atoms with E-state index in [4.69, 9.17) is 0 Å². The summed E-state index contributed by atoms with van der Waals surface area (Å²) in [7, 11) is 0. The van der Waals surface area contributed by atoms with Crippen LogP contribution in [0.2, 0.25) is 0 Å². The SMILES string of the molecule is CCCCCCCC(C)NC1CCCC(SC)C1. The van der Waals surface area contributed by atoms with Crippen molar-refractivity contribution < 1.29 is 0 Å². The lowest BCUT2D eigenvalue weighted by atomic mass is 9.94. The second kappa shape index (κ2) is 10.1. The number of hydrogen-bond donors (Lipinski definition) is 1. The Morgan fingerprint density at radius 3 is 2.67 bits per heavy atom. The molecule has 0 spiro atoms. The van der Waals surface area contributed by atoms with Crippen molar-refractivity contribution in [2.75, 3.05) is 6.26 Å². The maximum absolute atomic E-state index is 3.86. The molecule has 1 aliphatic rings. The Balaban J connectivity index is 2.06. The van der Waals surface area contributed by atoms with Gasteiger partial charge in [-0.05, 0) is 38.9 Å². The molecule has 1 nitrogen and oxygen atoms in total. The zero-order chi connectivity index (χ0) is 13.2. The average molecular weight is 272 g/mol. The summed E-state index contributed by atoms with van der Waals surface area (Å²) in [5.41, 5.74) is 0. The van der Waals surface area contributed by atoms with Crippen molar-refractivity contribution in [3.63, 3.8) is 0 Å². The molecule has 0 aromatic heterocycles. The van der Waals surface area contributed by atoms with E-state index in [0.717, 1.165) is 17.3 Å². The first kappa shape index (κ1) is 16.4. The minimum Gasteiger partial charge on any atom is -0.311 e. The van der Waals surface area contributed by atoms with Crippen LogP contribution in [0.1, 0.15) is 78.1 Å². The summed E-state index contributed by atoms with van der Waals surface area (Å²) in [6.45, 7) is 4.66. The summed E-state index contributed by atoms with van der Waals surface area (Å²) in [6, 6.07) is 1.51. The van der Waals surface area contributed by atoms with E-state index < -0.39 is 0 Å². The van der Waals surface area contributed by atoms with Gasteiger partial charge in [0, 0.05) is 17.3 Å². The van der Waals surface area contributed by atoms with Gasteiger partial charge in [-0.3, -0.25) is 0 Å². The average Bonchev–Trinajstić information content (AvgIpc) is 2.38. The molecule has 0 heterocycles. The lowest BCUT2D eigenvalue weighted by Gasteiger charge is -2.31. The lowest BCUT2D eigenvalue weighted by molar-refractivity contribution is 0.337. The van der Waals surface area contributed by atoms with E-state index in [1.807, 2.05) is 0 Å². The molecule has 1 aliphatic carbocycles. The van der Waals surface area contributed by atoms with Crippen molar-refractivity contribution in [3.8, 4) is 0 Å². The Kier molecular flexibility index (Phi) is 9.22. The van der Waals surface area contributed by atoms with Gasteiger partial charge in [0.15, 0.2) is 0 Å². The van der Waals surface area contributed by atoms with Crippen molar-refractivity contribution in [2.45, 2.75) is 95.4 Å². The van der Waals surface area contributed by atoms with Crippen molar-refractivity contribution in [1.82, 2.24) is 5.32 Å². The van der Waals surface area contributed by atoms with Crippen LogP contribution < -0.4 is 5.32 Å². The Morgan fingerprint density at radius 1 is 1.17 bits per heavy atom. The monoisotopic (exact) mass is 271 g/mol. The van der Waals surface area contributed by atoms with Crippen LogP contribution in [0.15, 0.2) is 0 Å². The summed E-state index contributed by atoms with van der Waals surface area (Å²) in [5.74, 6) is 0. The largest absolute Gasteiger partial charge is 0.311 e. The molecule has 0 aromatic carbocycles. The fraction of sp³-hybridized carbons (Fsp3) is 1.00. The highest BCUT2D eigenvalue weighted by Gasteiger charge is 2.21. The van der Waals surface area contributed by atoms with E-state index in [1.165, 1.54) is 64.2 Å². The molecule has 0 aromatic rings. The van der Waals surface area contributed by atoms with Crippen molar-refractivity contribution in [1.29, 1.82) is 0 Å². The molecule has 1 saturated carbocycles. The number of hydrogen-bond acceptors (Lipinski definition) is 2. The van der Waals surface area contributed by atoms with Crippen LogP contribution in [-0.2, 0) is 0 Å². The third-order valence-electron chi connectivity index (χ3n) is 4.22. The zero-order valence-corrected chi connectivity index (χ0v) is 13.5. The molecule has 1 fully saturated rings. The minimum absolute atomic E-state index is 0.720. The van der Waals surface area contributed by atoms with E-state index >= 15 is 0 Å². The highest BCUT2D eigenvalue weighted by Crippen LogP contribution is 2.27. The van der Waals surface area contributed by atoms with Crippen LogP contribution in [-0.4, -0.2) is 23.6 Å². The molecular weight excluding hydrogens is 238 g/mol. The van der Waals surface area contributed by atoms with E-state index in [2.05, 4.69) is 37.2 Å². The van der Waals surface area contributed by atoms with E-state index in [1.54, 1.807) is 0 Å². The molecule has 2 heteroatoms. The Hall–Kier alpha value is 0.310. The minimum atomic E-state index is 0.720. The first-order chi connectivity index (χ1) is 8.76. The predicted octanol–water partition coefficient (Wildman–Crippen LogP) is 5.00. The van der Waals surface area contributed by atoms with Crippen LogP contribution in [0.5, 0.6) is 0 Å². The lowest BCUT2D eigenvalue weighted by Crippen LogP contribution is -2.40. The first-order valence-electron chi connectivity index (χ1n) is 8.05. The fourth-order valence-corrected chi connectivity index (χ4v) is 3.88. The Labute approximate surface area is 119 Å². The molecule has 0 bridgehead atoms. The maximum Gasteiger partial charge on any atom is 0.00800 e. The van der Waals surface area contributed by atoms with E-state index in [9.17, 15) is 0 Å². The third-order valence-corrected chi connectivity index (χ3v) is 5.32. The third kappa shape index (κ3) is 7.04. The Morgan fingerprint density at radius 2 is 1.94 bits per heavy atom. The normalized spacial score (nSPS) is 26.2. The van der Waals surface area contributed by atoms with Crippen LogP contribution in [0.25, 0.3) is 0 Å². The van der Waals surface area contributed by atoms with Gasteiger partial charge in [0.2, 0.25) is 0 Å². The number of thioether (sulfide) groups is 1. The molecule has 0 radical (unpaired) electrons. The fourth-order valence-electron chi connectivity index (χ4n) is 3.05. The molecule has 0 aliphatic heterocycles.